The molecule has 0 amide bonds. The monoisotopic (exact) mass is 317 g/mol. The van der Waals surface area contributed by atoms with Gasteiger partial charge in [0, 0.05) is 18.3 Å². The second-order valence-electron chi connectivity index (χ2n) is 3.90. The molecule has 1 aromatic carbocycles. The molecule has 0 aliphatic heterocycles. The largest absolute Gasteiger partial charge is 0.437 e. The number of aliphatic hydroxyl groups is 1. The number of aliphatic hydroxyl groups excluding tert-OH is 1. The van der Waals surface area contributed by atoms with Gasteiger partial charge in [-0.05, 0) is 24.6 Å². The van der Waals surface area contributed by atoms with Gasteiger partial charge in [0.1, 0.15) is 5.75 Å². The molecule has 2 aromatic rings. The maximum Gasteiger partial charge on any atom is 0.219 e. The van der Waals surface area contributed by atoms with Gasteiger partial charge >= 0.3 is 0 Å². The first kappa shape index (κ1) is 14.4. The number of hydrogen-bond donors (Lipinski definition) is 1. The summed E-state index contributed by atoms with van der Waals surface area (Å²) in [7, 11) is 0. The van der Waals surface area contributed by atoms with Crippen LogP contribution in [0.15, 0.2) is 30.5 Å². The second kappa shape index (κ2) is 5.97. The Morgan fingerprint density at radius 1 is 1.11 bits per heavy atom. The third-order valence-corrected chi connectivity index (χ3v) is 3.45. The number of halogens is 3. The fourth-order valence-electron chi connectivity index (χ4n) is 1.39. The van der Waals surface area contributed by atoms with Crippen LogP contribution < -0.4 is 4.74 Å². The van der Waals surface area contributed by atoms with E-state index in [1.165, 1.54) is 18.3 Å². The van der Waals surface area contributed by atoms with Crippen molar-refractivity contribution in [1.82, 2.24) is 4.98 Å². The zero-order valence-electron chi connectivity index (χ0n) is 9.90. The van der Waals surface area contributed by atoms with Crippen LogP contribution in [0, 0.1) is 0 Å². The number of hydrogen-bond acceptors (Lipinski definition) is 3. The zero-order valence-corrected chi connectivity index (χ0v) is 12.2. The van der Waals surface area contributed by atoms with Crippen molar-refractivity contribution >= 4 is 34.8 Å². The van der Waals surface area contributed by atoms with Gasteiger partial charge in [-0.2, -0.15) is 0 Å². The SMILES string of the molecule is C[C@@H](O)c1ccc(Oc2cc(Cl)c(Cl)cc2Cl)nc1. The molecule has 6 heteroatoms. The lowest BCUT2D eigenvalue weighted by atomic mass is 10.2. The van der Waals surface area contributed by atoms with Crippen molar-refractivity contribution in [2.45, 2.75) is 13.0 Å². The van der Waals surface area contributed by atoms with Crippen LogP contribution in [0.1, 0.15) is 18.6 Å². The quantitative estimate of drug-likeness (QED) is 0.819. The Bertz CT molecular complexity index is 585. The third-order valence-electron chi connectivity index (χ3n) is 2.43. The Morgan fingerprint density at radius 3 is 2.37 bits per heavy atom. The zero-order chi connectivity index (χ0) is 14.0. The molecule has 0 radical (unpaired) electrons. The van der Waals surface area contributed by atoms with Crippen LogP contribution in [-0.2, 0) is 0 Å². The predicted molar refractivity (Wildman–Crippen MR) is 76.4 cm³/mol. The number of aromatic nitrogens is 1. The highest BCUT2D eigenvalue weighted by Gasteiger charge is 2.09. The van der Waals surface area contributed by atoms with E-state index >= 15 is 0 Å². The van der Waals surface area contributed by atoms with Gasteiger partial charge in [-0.25, -0.2) is 4.98 Å². The Labute approximate surface area is 125 Å². The summed E-state index contributed by atoms with van der Waals surface area (Å²) in [6.07, 6.45) is 0.959. The lowest BCUT2D eigenvalue weighted by Gasteiger charge is -2.09. The predicted octanol–water partition coefficient (Wildman–Crippen LogP) is 4.89. The number of benzene rings is 1. The van der Waals surface area contributed by atoms with Crippen LogP contribution in [0.5, 0.6) is 11.6 Å². The normalized spacial score (nSPS) is 12.3. The van der Waals surface area contributed by atoms with Crippen LogP contribution in [-0.4, -0.2) is 10.1 Å². The maximum atomic E-state index is 9.38. The highest BCUT2D eigenvalue weighted by atomic mass is 35.5. The summed E-state index contributed by atoms with van der Waals surface area (Å²) in [4.78, 5) is 4.07. The standard InChI is InChI=1S/C13H10Cl3NO2/c1-7(18)8-2-3-13(17-6-8)19-12-5-10(15)9(14)4-11(12)16/h2-7,18H,1H3/t7-/m1/s1. The van der Waals surface area contributed by atoms with Crippen LogP contribution in [0.3, 0.4) is 0 Å². The summed E-state index contributed by atoms with van der Waals surface area (Å²) in [5.74, 6) is 0.720. The van der Waals surface area contributed by atoms with E-state index in [0.717, 1.165) is 0 Å². The average molecular weight is 319 g/mol. The van der Waals surface area contributed by atoms with Crippen molar-refractivity contribution in [3.05, 3.63) is 51.1 Å². The minimum Gasteiger partial charge on any atom is -0.437 e. The molecule has 0 unspecified atom stereocenters. The van der Waals surface area contributed by atoms with Gasteiger partial charge in [-0.15, -0.1) is 0 Å². The third kappa shape index (κ3) is 3.51. The van der Waals surface area contributed by atoms with Crippen molar-refractivity contribution in [2.24, 2.45) is 0 Å². The van der Waals surface area contributed by atoms with Crippen molar-refractivity contribution in [3.8, 4) is 11.6 Å². The summed E-state index contributed by atoms with van der Waals surface area (Å²) in [5.41, 5.74) is 0.701. The summed E-state index contributed by atoms with van der Waals surface area (Å²) in [6, 6.07) is 6.39. The van der Waals surface area contributed by atoms with Gasteiger partial charge < -0.3 is 9.84 Å². The van der Waals surface area contributed by atoms with Gasteiger partial charge in [0.05, 0.1) is 21.2 Å². The van der Waals surface area contributed by atoms with Gasteiger partial charge in [-0.3, -0.25) is 0 Å². The summed E-state index contributed by atoms with van der Waals surface area (Å²) in [6.45, 7) is 1.66. The molecule has 0 bridgehead atoms. The summed E-state index contributed by atoms with van der Waals surface area (Å²) >= 11 is 17.7. The van der Waals surface area contributed by atoms with E-state index in [1.807, 2.05) is 0 Å². The Morgan fingerprint density at radius 2 is 1.79 bits per heavy atom. The van der Waals surface area contributed by atoms with E-state index in [-0.39, 0.29) is 0 Å². The van der Waals surface area contributed by atoms with E-state index in [1.54, 1.807) is 19.1 Å². The molecular weight excluding hydrogens is 309 g/mol. The summed E-state index contributed by atoms with van der Waals surface area (Å²) < 4.78 is 5.51. The molecular formula is C13H10Cl3NO2. The molecule has 2 rings (SSSR count). The first-order valence-electron chi connectivity index (χ1n) is 5.44. The Balaban J connectivity index is 2.24. The minimum absolute atomic E-state index is 0.343. The summed E-state index contributed by atoms with van der Waals surface area (Å²) in [5, 5.41) is 10.4. The second-order valence-corrected chi connectivity index (χ2v) is 5.13. The molecule has 0 aliphatic rings. The molecule has 1 atom stereocenters. The molecule has 100 valence electrons. The van der Waals surface area contributed by atoms with Crippen LogP contribution >= 0.6 is 34.8 Å². The first-order valence-corrected chi connectivity index (χ1v) is 6.57. The fraction of sp³-hybridized carbons (Fsp3) is 0.154. The van der Waals surface area contributed by atoms with Crippen molar-refractivity contribution in [2.75, 3.05) is 0 Å². The molecule has 3 nitrogen and oxygen atoms in total. The molecule has 1 aromatic heterocycles. The van der Waals surface area contributed by atoms with Crippen LogP contribution in [0.4, 0.5) is 0 Å². The lowest BCUT2D eigenvalue weighted by Crippen LogP contribution is -1.94. The van der Waals surface area contributed by atoms with Crippen molar-refractivity contribution < 1.29 is 9.84 Å². The molecule has 0 aliphatic carbocycles. The Hall–Kier alpha value is -1.000. The lowest BCUT2D eigenvalue weighted by molar-refractivity contribution is 0.198. The van der Waals surface area contributed by atoms with E-state index < -0.39 is 6.10 Å². The molecule has 0 saturated carbocycles. The molecule has 0 saturated heterocycles. The number of nitrogens with zero attached hydrogens (tertiary/aromatic N) is 1. The fourth-order valence-corrected chi connectivity index (χ4v) is 1.97. The molecule has 1 heterocycles. The number of rotatable bonds is 3. The van der Waals surface area contributed by atoms with Crippen LogP contribution in [0.2, 0.25) is 15.1 Å². The highest BCUT2D eigenvalue weighted by Crippen LogP contribution is 2.35. The topological polar surface area (TPSA) is 42.4 Å². The van der Waals surface area contributed by atoms with Gasteiger partial charge in [0.25, 0.3) is 0 Å². The smallest absolute Gasteiger partial charge is 0.219 e. The average Bonchev–Trinajstić information content (AvgIpc) is 2.36. The van der Waals surface area contributed by atoms with E-state index in [2.05, 4.69) is 4.98 Å². The van der Waals surface area contributed by atoms with Gasteiger partial charge in [-0.1, -0.05) is 34.8 Å². The number of ether oxygens (including phenoxy) is 1. The number of pyridine rings is 1. The molecule has 19 heavy (non-hydrogen) atoms. The van der Waals surface area contributed by atoms with Crippen LogP contribution in [0.25, 0.3) is 0 Å². The van der Waals surface area contributed by atoms with Gasteiger partial charge in [0.15, 0.2) is 0 Å². The Kier molecular flexibility index (Phi) is 4.53. The molecule has 0 fully saturated rings. The molecule has 1 N–H and O–H groups in total. The van der Waals surface area contributed by atoms with Gasteiger partial charge in [0.2, 0.25) is 5.88 Å². The van der Waals surface area contributed by atoms with E-state index in [4.69, 9.17) is 39.5 Å². The minimum atomic E-state index is -0.574. The van der Waals surface area contributed by atoms with E-state index in [0.29, 0.717) is 32.3 Å². The first-order chi connectivity index (χ1) is 8.97. The molecule has 0 spiro atoms. The maximum absolute atomic E-state index is 9.38. The van der Waals surface area contributed by atoms with E-state index in [9.17, 15) is 5.11 Å². The van der Waals surface area contributed by atoms with Crippen molar-refractivity contribution in [1.29, 1.82) is 0 Å². The van der Waals surface area contributed by atoms with Crippen molar-refractivity contribution in [3.63, 3.8) is 0 Å². The highest BCUT2D eigenvalue weighted by molar-refractivity contribution is 6.43.